The van der Waals surface area contributed by atoms with Gasteiger partial charge in [-0.3, -0.25) is 14.4 Å². The molecule has 1 aliphatic heterocycles. The fourth-order valence-corrected chi connectivity index (χ4v) is 3.86. The number of carbonyl (C=O) groups is 2. The first-order valence-electron chi connectivity index (χ1n) is 7.95. The van der Waals surface area contributed by atoms with Gasteiger partial charge in [0.05, 0.1) is 18.6 Å². The first-order chi connectivity index (χ1) is 11.6. The van der Waals surface area contributed by atoms with Crippen molar-refractivity contribution in [1.82, 2.24) is 5.48 Å². The molecule has 0 spiro atoms. The highest BCUT2D eigenvalue weighted by molar-refractivity contribution is 7.10. The standard InChI is InChI=1S/C18H20N2O3S/c1-3-23-19-18(22)14-11-16(21)20(13-8-6-12(2)7-9-13)17(14)15-5-4-10-24-15/h4-10,14,17H,3,11H2,1-2H3,(H,19,22)/t14-,17+/m0/s1. The molecule has 0 unspecified atom stereocenters. The Balaban J connectivity index is 1.96. The number of thiophene rings is 1. The Kier molecular flexibility index (Phi) is 4.97. The Morgan fingerprint density at radius 2 is 2.08 bits per heavy atom. The van der Waals surface area contributed by atoms with E-state index < -0.39 is 5.92 Å². The van der Waals surface area contributed by atoms with Gasteiger partial charge in [-0.1, -0.05) is 23.8 Å². The summed E-state index contributed by atoms with van der Waals surface area (Å²) >= 11 is 1.55. The first kappa shape index (κ1) is 16.7. The largest absolute Gasteiger partial charge is 0.303 e. The average Bonchev–Trinajstić information content (AvgIpc) is 3.21. The van der Waals surface area contributed by atoms with Crippen molar-refractivity contribution < 1.29 is 14.4 Å². The van der Waals surface area contributed by atoms with Gasteiger partial charge in [0.15, 0.2) is 0 Å². The number of carbonyl (C=O) groups excluding carboxylic acids is 2. The van der Waals surface area contributed by atoms with Crippen LogP contribution in [-0.4, -0.2) is 18.4 Å². The lowest BCUT2D eigenvalue weighted by Crippen LogP contribution is -2.35. The first-order valence-corrected chi connectivity index (χ1v) is 8.83. The van der Waals surface area contributed by atoms with E-state index in [0.29, 0.717) is 6.61 Å². The molecule has 1 aliphatic rings. The van der Waals surface area contributed by atoms with Gasteiger partial charge in [-0.25, -0.2) is 5.48 Å². The van der Waals surface area contributed by atoms with Crippen LogP contribution in [-0.2, 0) is 14.4 Å². The fourth-order valence-electron chi connectivity index (χ4n) is 2.98. The van der Waals surface area contributed by atoms with E-state index in [1.165, 1.54) is 0 Å². The smallest absolute Gasteiger partial charge is 0.249 e. The molecule has 1 aromatic carbocycles. The molecule has 0 radical (unpaired) electrons. The Morgan fingerprint density at radius 3 is 2.71 bits per heavy atom. The highest BCUT2D eigenvalue weighted by Gasteiger charge is 2.45. The molecule has 0 aliphatic carbocycles. The molecule has 6 heteroatoms. The maximum atomic E-state index is 12.7. The lowest BCUT2D eigenvalue weighted by Gasteiger charge is -2.27. The lowest BCUT2D eigenvalue weighted by molar-refractivity contribution is -0.138. The summed E-state index contributed by atoms with van der Waals surface area (Å²) in [6.45, 7) is 4.19. The van der Waals surface area contributed by atoms with Gasteiger partial charge >= 0.3 is 0 Å². The van der Waals surface area contributed by atoms with Crippen molar-refractivity contribution in [1.29, 1.82) is 0 Å². The number of rotatable bonds is 5. The Bertz CT molecular complexity index is 712. The Hall–Kier alpha value is -2.18. The van der Waals surface area contributed by atoms with Crippen LogP contribution in [0.4, 0.5) is 5.69 Å². The summed E-state index contributed by atoms with van der Waals surface area (Å²) in [6.07, 6.45) is 0.176. The molecule has 1 aromatic heterocycles. The van der Waals surface area contributed by atoms with E-state index in [9.17, 15) is 9.59 Å². The summed E-state index contributed by atoms with van der Waals surface area (Å²) in [5.74, 6) is -0.767. The van der Waals surface area contributed by atoms with Gasteiger partial charge in [-0.2, -0.15) is 0 Å². The average molecular weight is 344 g/mol. The molecule has 1 N–H and O–H groups in total. The predicted octanol–water partition coefficient (Wildman–Crippen LogP) is 3.22. The van der Waals surface area contributed by atoms with Crippen LogP contribution in [0.1, 0.15) is 29.8 Å². The van der Waals surface area contributed by atoms with Crippen LogP contribution in [0.5, 0.6) is 0 Å². The molecule has 24 heavy (non-hydrogen) atoms. The van der Waals surface area contributed by atoms with Crippen LogP contribution in [0.3, 0.4) is 0 Å². The molecule has 2 heterocycles. The lowest BCUT2D eigenvalue weighted by atomic mass is 9.98. The molecule has 0 bridgehead atoms. The number of amides is 2. The normalized spacial score (nSPS) is 20.4. The number of aryl methyl sites for hydroxylation is 1. The van der Waals surface area contributed by atoms with E-state index in [0.717, 1.165) is 16.1 Å². The molecule has 126 valence electrons. The van der Waals surface area contributed by atoms with Crippen molar-refractivity contribution in [2.45, 2.75) is 26.3 Å². The van der Waals surface area contributed by atoms with Crippen molar-refractivity contribution >= 4 is 28.8 Å². The van der Waals surface area contributed by atoms with E-state index in [1.54, 1.807) is 23.2 Å². The second-order valence-corrected chi connectivity index (χ2v) is 6.75. The summed E-state index contributed by atoms with van der Waals surface area (Å²) < 4.78 is 0. The van der Waals surface area contributed by atoms with Crippen molar-refractivity contribution in [2.24, 2.45) is 5.92 Å². The minimum Gasteiger partial charge on any atom is -0.303 e. The van der Waals surface area contributed by atoms with Crippen LogP contribution < -0.4 is 10.4 Å². The number of nitrogens with zero attached hydrogens (tertiary/aromatic N) is 1. The summed E-state index contributed by atoms with van der Waals surface area (Å²) in [6, 6.07) is 11.4. The molecule has 2 amide bonds. The van der Waals surface area contributed by atoms with Crippen LogP contribution >= 0.6 is 11.3 Å². The Labute approximate surface area is 145 Å². The topological polar surface area (TPSA) is 58.6 Å². The van der Waals surface area contributed by atoms with E-state index in [-0.39, 0.29) is 24.3 Å². The van der Waals surface area contributed by atoms with Gasteiger partial charge in [-0.15, -0.1) is 11.3 Å². The third-order valence-corrected chi connectivity index (χ3v) is 5.07. The monoisotopic (exact) mass is 344 g/mol. The summed E-state index contributed by atoms with van der Waals surface area (Å²) in [5, 5.41) is 1.96. The van der Waals surface area contributed by atoms with E-state index in [1.807, 2.05) is 48.7 Å². The molecule has 5 nitrogen and oxygen atoms in total. The summed E-state index contributed by atoms with van der Waals surface area (Å²) in [4.78, 5) is 32.9. The second-order valence-electron chi connectivity index (χ2n) is 5.77. The molecule has 1 fully saturated rings. The third kappa shape index (κ3) is 3.20. The number of hydrogen-bond donors (Lipinski definition) is 1. The van der Waals surface area contributed by atoms with Gasteiger partial charge in [0.1, 0.15) is 0 Å². The zero-order chi connectivity index (χ0) is 17.1. The maximum Gasteiger partial charge on any atom is 0.249 e. The van der Waals surface area contributed by atoms with Gasteiger partial charge in [0.2, 0.25) is 11.8 Å². The zero-order valence-corrected chi connectivity index (χ0v) is 14.5. The van der Waals surface area contributed by atoms with E-state index in [4.69, 9.17) is 4.84 Å². The van der Waals surface area contributed by atoms with Gasteiger partial charge < -0.3 is 4.90 Å². The highest BCUT2D eigenvalue weighted by Crippen LogP contribution is 2.43. The Morgan fingerprint density at radius 1 is 1.33 bits per heavy atom. The van der Waals surface area contributed by atoms with Crippen LogP contribution in [0, 0.1) is 12.8 Å². The quantitative estimate of drug-likeness (QED) is 0.847. The number of hydroxylamine groups is 1. The zero-order valence-electron chi connectivity index (χ0n) is 13.7. The molecular formula is C18H20N2O3S. The molecule has 0 saturated carbocycles. The number of hydrogen-bond acceptors (Lipinski definition) is 4. The van der Waals surface area contributed by atoms with Crippen molar-refractivity contribution in [2.75, 3.05) is 11.5 Å². The number of nitrogens with one attached hydrogen (secondary N) is 1. The van der Waals surface area contributed by atoms with E-state index in [2.05, 4.69) is 5.48 Å². The molecule has 1 saturated heterocycles. The minimum absolute atomic E-state index is 0.0473. The summed E-state index contributed by atoms with van der Waals surface area (Å²) in [7, 11) is 0. The summed E-state index contributed by atoms with van der Waals surface area (Å²) in [5.41, 5.74) is 4.40. The second kappa shape index (κ2) is 7.15. The van der Waals surface area contributed by atoms with E-state index >= 15 is 0 Å². The third-order valence-electron chi connectivity index (χ3n) is 4.12. The number of benzene rings is 1. The molecule has 2 aromatic rings. The van der Waals surface area contributed by atoms with Gasteiger partial charge in [-0.05, 0) is 37.4 Å². The van der Waals surface area contributed by atoms with Gasteiger partial charge in [0, 0.05) is 17.0 Å². The molecular weight excluding hydrogens is 324 g/mol. The SMILES string of the molecule is CCONC(=O)[C@H]1CC(=O)N(c2ccc(C)cc2)[C@H]1c1cccs1. The number of anilines is 1. The maximum absolute atomic E-state index is 12.7. The molecule has 3 rings (SSSR count). The van der Waals surface area contributed by atoms with Crippen LogP contribution in [0.15, 0.2) is 41.8 Å². The van der Waals surface area contributed by atoms with Crippen molar-refractivity contribution in [3.63, 3.8) is 0 Å². The van der Waals surface area contributed by atoms with Gasteiger partial charge in [0.25, 0.3) is 0 Å². The van der Waals surface area contributed by atoms with Crippen LogP contribution in [0.2, 0.25) is 0 Å². The molecule has 2 atom stereocenters. The fraction of sp³-hybridized carbons (Fsp3) is 0.333. The van der Waals surface area contributed by atoms with Crippen molar-refractivity contribution in [3.8, 4) is 0 Å². The van der Waals surface area contributed by atoms with Crippen LogP contribution in [0.25, 0.3) is 0 Å². The van der Waals surface area contributed by atoms with Crippen molar-refractivity contribution in [3.05, 3.63) is 52.2 Å². The predicted molar refractivity (Wildman–Crippen MR) is 93.6 cm³/mol. The highest BCUT2D eigenvalue weighted by atomic mass is 32.1. The minimum atomic E-state index is -0.469.